The topological polar surface area (TPSA) is 49.4 Å². The number of amides is 2. The first kappa shape index (κ1) is 20.1. The van der Waals surface area contributed by atoms with Crippen LogP contribution in [0.5, 0.6) is 0 Å². The third-order valence-corrected chi connectivity index (χ3v) is 5.45. The zero-order valence-electron chi connectivity index (χ0n) is 17.3. The number of aryl methyl sites for hydroxylation is 1. The van der Waals surface area contributed by atoms with Crippen LogP contribution in [0.1, 0.15) is 55.1 Å². The Morgan fingerprint density at radius 3 is 2.54 bits per heavy atom. The Labute approximate surface area is 167 Å². The molecule has 1 saturated heterocycles. The molecule has 148 valence electrons. The van der Waals surface area contributed by atoms with E-state index < -0.39 is 0 Å². The van der Waals surface area contributed by atoms with E-state index in [1.54, 1.807) is 0 Å². The molecule has 1 fully saturated rings. The summed E-state index contributed by atoms with van der Waals surface area (Å²) in [6, 6.07) is 15.6. The van der Waals surface area contributed by atoms with E-state index in [0.29, 0.717) is 13.1 Å². The Balaban J connectivity index is 1.68. The van der Waals surface area contributed by atoms with Crippen molar-refractivity contribution in [3.05, 3.63) is 65.2 Å². The molecule has 1 atom stereocenters. The zero-order valence-corrected chi connectivity index (χ0v) is 17.3. The molecule has 2 amide bonds. The summed E-state index contributed by atoms with van der Waals surface area (Å²) in [6.07, 6.45) is 1.65. The van der Waals surface area contributed by atoms with E-state index in [1.165, 1.54) is 5.56 Å². The van der Waals surface area contributed by atoms with Gasteiger partial charge in [0.05, 0.1) is 5.92 Å². The Morgan fingerprint density at radius 2 is 1.82 bits per heavy atom. The minimum Gasteiger partial charge on any atom is -0.338 e. The number of piperidine rings is 1. The minimum absolute atomic E-state index is 0.00616. The zero-order chi connectivity index (χ0) is 20.3. The van der Waals surface area contributed by atoms with Crippen molar-refractivity contribution in [2.24, 2.45) is 5.92 Å². The number of carbonyl (C=O) groups is 2. The van der Waals surface area contributed by atoms with Crippen molar-refractivity contribution >= 4 is 17.5 Å². The molecule has 0 aromatic heterocycles. The van der Waals surface area contributed by atoms with Gasteiger partial charge in [0, 0.05) is 24.3 Å². The van der Waals surface area contributed by atoms with Crippen LogP contribution >= 0.6 is 0 Å². The fourth-order valence-corrected chi connectivity index (χ4v) is 3.67. The van der Waals surface area contributed by atoms with Gasteiger partial charge in [-0.2, -0.15) is 0 Å². The largest absolute Gasteiger partial charge is 0.338 e. The quantitative estimate of drug-likeness (QED) is 0.835. The van der Waals surface area contributed by atoms with Gasteiger partial charge >= 0.3 is 0 Å². The van der Waals surface area contributed by atoms with Crippen molar-refractivity contribution < 1.29 is 9.59 Å². The van der Waals surface area contributed by atoms with Gasteiger partial charge in [-0.3, -0.25) is 9.59 Å². The van der Waals surface area contributed by atoms with Crippen molar-refractivity contribution in [3.8, 4) is 0 Å². The number of nitrogens with one attached hydrogen (secondary N) is 1. The van der Waals surface area contributed by atoms with Crippen LogP contribution in [-0.4, -0.2) is 29.8 Å². The van der Waals surface area contributed by atoms with Crippen LogP contribution in [0.25, 0.3) is 0 Å². The smallest absolute Gasteiger partial charge is 0.254 e. The first-order valence-electron chi connectivity index (χ1n) is 10.0. The predicted molar refractivity (Wildman–Crippen MR) is 114 cm³/mol. The van der Waals surface area contributed by atoms with E-state index in [-0.39, 0.29) is 23.1 Å². The van der Waals surface area contributed by atoms with Gasteiger partial charge in [0.2, 0.25) is 5.91 Å². The first-order valence-corrected chi connectivity index (χ1v) is 10.0. The monoisotopic (exact) mass is 378 g/mol. The van der Waals surface area contributed by atoms with Crippen molar-refractivity contribution in [1.82, 2.24) is 4.90 Å². The molecular formula is C24H30N2O2. The number of carbonyl (C=O) groups excluding carboxylic acids is 2. The number of hydrogen-bond acceptors (Lipinski definition) is 2. The molecule has 0 unspecified atom stereocenters. The van der Waals surface area contributed by atoms with E-state index in [2.05, 4.69) is 32.2 Å². The molecule has 2 aromatic carbocycles. The molecular weight excluding hydrogens is 348 g/mol. The summed E-state index contributed by atoms with van der Waals surface area (Å²) < 4.78 is 0. The predicted octanol–water partition coefficient (Wildman–Crippen LogP) is 4.78. The molecule has 28 heavy (non-hydrogen) atoms. The molecule has 1 heterocycles. The fourth-order valence-electron chi connectivity index (χ4n) is 3.67. The summed E-state index contributed by atoms with van der Waals surface area (Å²) in [7, 11) is 0. The van der Waals surface area contributed by atoms with E-state index in [1.807, 2.05) is 54.3 Å². The van der Waals surface area contributed by atoms with Crippen LogP contribution in [-0.2, 0) is 10.2 Å². The molecule has 1 aliphatic heterocycles. The van der Waals surface area contributed by atoms with Gasteiger partial charge in [0.15, 0.2) is 0 Å². The van der Waals surface area contributed by atoms with E-state index in [9.17, 15) is 9.59 Å². The third-order valence-electron chi connectivity index (χ3n) is 5.45. The van der Waals surface area contributed by atoms with Crippen LogP contribution in [0.2, 0.25) is 0 Å². The Morgan fingerprint density at radius 1 is 1.07 bits per heavy atom. The van der Waals surface area contributed by atoms with Gasteiger partial charge in [-0.05, 0) is 54.5 Å². The van der Waals surface area contributed by atoms with Gasteiger partial charge in [-0.1, -0.05) is 51.1 Å². The minimum atomic E-state index is -0.181. The average molecular weight is 379 g/mol. The van der Waals surface area contributed by atoms with Gasteiger partial charge < -0.3 is 10.2 Å². The summed E-state index contributed by atoms with van der Waals surface area (Å²) in [4.78, 5) is 27.6. The molecule has 4 heteroatoms. The molecule has 1 N–H and O–H groups in total. The van der Waals surface area contributed by atoms with Crippen molar-refractivity contribution in [1.29, 1.82) is 0 Å². The van der Waals surface area contributed by atoms with Crippen LogP contribution in [0.15, 0.2) is 48.5 Å². The highest BCUT2D eigenvalue weighted by molar-refractivity contribution is 5.97. The summed E-state index contributed by atoms with van der Waals surface area (Å²) in [5.41, 5.74) is 3.73. The van der Waals surface area contributed by atoms with Crippen LogP contribution < -0.4 is 5.32 Å². The number of hydrogen-bond donors (Lipinski definition) is 1. The second kappa shape index (κ2) is 8.17. The second-order valence-corrected chi connectivity index (χ2v) is 8.73. The molecule has 2 aromatic rings. The summed E-state index contributed by atoms with van der Waals surface area (Å²) in [5.74, 6) is -0.168. The van der Waals surface area contributed by atoms with Crippen LogP contribution in [0, 0.1) is 12.8 Å². The highest BCUT2D eigenvalue weighted by Crippen LogP contribution is 2.26. The highest BCUT2D eigenvalue weighted by Gasteiger charge is 2.29. The van der Waals surface area contributed by atoms with Crippen molar-refractivity contribution in [3.63, 3.8) is 0 Å². The number of benzene rings is 2. The third kappa shape index (κ3) is 4.61. The van der Waals surface area contributed by atoms with Crippen LogP contribution in [0.3, 0.4) is 0 Å². The number of rotatable bonds is 3. The molecule has 4 nitrogen and oxygen atoms in total. The van der Waals surface area contributed by atoms with E-state index >= 15 is 0 Å². The maximum Gasteiger partial charge on any atom is 0.254 e. The van der Waals surface area contributed by atoms with E-state index in [0.717, 1.165) is 29.7 Å². The highest BCUT2D eigenvalue weighted by atomic mass is 16.2. The fraction of sp³-hybridized carbons (Fsp3) is 0.417. The summed E-state index contributed by atoms with van der Waals surface area (Å²) in [6.45, 7) is 9.59. The van der Waals surface area contributed by atoms with Gasteiger partial charge in [-0.25, -0.2) is 0 Å². The summed E-state index contributed by atoms with van der Waals surface area (Å²) >= 11 is 0. The number of likely N-dealkylation sites (tertiary alicyclic amines) is 1. The van der Waals surface area contributed by atoms with Crippen LogP contribution in [0.4, 0.5) is 5.69 Å². The van der Waals surface area contributed by atoms with Crippen molar-refractivity contribution in [2.45, 2.75) is 46.0 Å². The van der Waals surface area contributed by atoms with E-state index in [4.69, 9.17) is 0 Å². The molecule has 0 aliphatic carbocycles. The Kier molecular flexibility index (Phi) is 5.87. The standard InChI is InChI=1S/C24H30N2O2/c1-17-9-5-6-13-21(17)23(28)26-14-8-10-18(16-26)22(27)25-20-12-7-11-19(15-20)24(2,3)4/h5-7,9,11-13,15,18H,8,10,14,16H2,1-4H3,(H,25,27)/t18-/m0/s1. The van der Waals surface area contributed by atoms with Gasteiger partial charge in [-0.15, -0.1) is 0 Å². The Bertz CT molecular complexity index is 867. The molecule has 0 bridgehead atoms. The average Bonchev–Trinajstić information content (AvgIpc) is 2.67. The maximum absolute atomic E-state index is 12.9. The number of nitrogens with zero attached hydrogens (tertiary/aromatic N) is 1. The normalized spacial score (nSPS) is 17.3. The molecule has 0 radical (unpaired) electrons. The second-order valence-electron chi connectivity index (χ2n) is 8.73. The lowest BCUT2D eigenvalue weighted by Gasteiger charge is -2.32. The van der Waals surface area contributed by atoms with Gasteiger partial charge in [0.25, 0.3) is 5.91 Å². The number of anilines is 1. The lowest BCUT2D eigenvalue weighted by atomic mass is 9.87. The summed E-state index contributed by atoms with van der Waals surface area (Å²) in [5, 5.41) is 3.06. The molecule has 1 aliphatic rings. The maximum atomic E-state index is 12.9. The SMILES string of the molecule is Cc1ccccc1C(=O)N1CCC[C@H](C(=O)Nc2cccc(C(C)(C)C)c2)C1. The Hall–Kier alpha value is -2.62. The first-order chi connectivity index (χ1) is 13.3. The lowest BCUT2D eigenvalue weighted by molar-refractivity contribution is -0.121. The molecule has 3 rings (SSSR count). The lowest BCUT2D eigenvalue weighted by Crippen LogP contribution is -2.44. The van der Waals surface area contributed by atoms with Crippen molar-refractivity contribution in [2.75, 3.05) is 18.4 Å². The molecule has 0 spiro atoms. The van der Waals surface area contributed by atoms with Gasteiger partial charge in [0.1, 0.15) is 0 Å². The molecule has 0 saturated carbocycles.